The van der Waals surface area contributed by atoms with Gasteiger partial charge in [0.1, 0.15) is 5.69 Å². The lowest BCUT2D eigenvalue weighted by Gasteiger charge is -2.24. The van der Waals surface area contributed by atoms with Gasteiger partial charge in [-0.3, -0.25) is 10.1 Å². The van der Waals surface area contributed by atoms with Gasteiger partial charge in [0.15, 0.2) is 0 Å². The van der Waals surface area contributed by atoms with E-state index >= 15 is 0 Å². The second-order valence-corrected chi connectivity index (χ2v) is 4.45. The fourth-order valence-electron chi connectivity index (χ4n) is 2.10. The zero-order chi connectivity index (χ0) is 12.3. The molecule has 2 rings (SSSR count). The highest BCUT2D eigenvalue weighted by atomic mass is 16.6. The molecule has 0 aliphatic carbocycles. The number of nitro benzene ring substituents is 1. The minimum atomic E-state index is -0.323. The Hall–Kier alpha value is -1.62. The second kappa shape index (κ2) is 5.14. The van der Waals surface area contributed by atoms with E-state index in [0.29, 0.717) is 11.7 Å². The van der Waals surface area contributed by atoms with Crippen LogP contribution in [0.4, 0.5) is 11.4 Å². The summed E-state index contributed by atoms with van der Waals surface area (Å²) < 4.78 is 0. The van der Waals surface area contributed by atoms with E-state index in [1.807, 2.05) is 13.0 Å². The molecular weight excluding hydrogens is 218 g/mol. The lowest BCUT2D eigenvalue weighted by Crippen LogP contribution is -2.35. The summed E-state index contributed by atoms with van der Waals surface area (Å²) in [5.41, 5.74) is 1.71. The van der Waals surface area contributed by atoms with Gasteiger partial charge in [-0.2, -0.15) is 0 Å². The molecule has 0 atom stereocenters. The zero-order valence-electron chi connectivity index (χ0n) is 9.90. The molecule has 0 spiro atoms. The average molecular weight is 235 g/mol. The molecule has 1 fully saturated rings. The first-order valence-corrected chi connectivity index (χ1v) is 5.89. The number of nitrogens with zero attached hydrogens (tertiary/aromatic N) is 1. The van der Waals surface area contributed by atoms with Crippen molar-refractivity contribution in [2.45, 2.75) is 25.8 Å². The molecule has 17 heavy (non-hydrogen) atoms. The monoisotopic (exact) mass is 235 g/mol. The quantitative estimate of drug-likeness (QED) is 0.621. The van der Waals surface area contributed by atoms with Crippen LogP contribution < -0.4 is 10.6 Å². The Bertz CT molecular complexity index is 414. The Morgan fingerprint density at radius 1 is 1.41 bits per heavy atom. The van der Waals surface area contributed by atoms with Crippen molar-refractivity contribution in [2.75, 3.05) is 18.4 Å². The van der Waals surface area contributed by atoms with Crippen molar-refractivity contribution in [2.24, 2.45) is 0 Å². The summed E-state index contributed by atoms with van der Waals surface area (Å²) in [4.78, 5) is 10.6. The van der Waals surface area contributed by atoms with E-state index in [1.54, 1.807) is 12.1 Å². The first-order chi connectivity index (χ1) is 8.16. The first-order valence-electron chi connectivity index (χ1n) is 5.89. The predicted molar refractivity (Wildman–Crippen MR) is 67.3 cm³/mol. The smallest absolute Gasteiger partial charge is 0.292 e. The number of nitro groups is 1. The van der Waals surface area contributed by atoms with Gasteiger partial charge in [-0.25, -0.2) is 0 Å². The van der Waals surface area contributed by atoms with Gasteiger partial charge in [0.25, 0.3) is 5.69 Å². The van der Waals surface area contributed by atoms with Crippen LogP contribution >= 0.6 is 0 Å². The number of nitrogens with one attached hydrogen (secondary N) is 2. The molecule has 5 nitrogen and oxygen atoms in total. The van der Waals surface area contributed by atoms with Gasteiger partial charge in [0, 0.05) is 12.1 Å². The van der Waals surface area contributed by atoms with E-state index < -0.39 is 0 Å². The molecule has 2 N–H and O–H groups in total. The first kappa shape index (κ1) is 11.9. The maximum absolute atomic E-state index is 11.0. The minimum absolute atomic E-state index is 0.170. The van der Waals surface area contributed by atoms with Crippen LogP contribution in [0.5, 0.6) is 0 Å². The van der Waals surface area contributed by atoms with Gasteiger partial charge in [-0.1, -0.05) is 6.07 Å². The zero-order valence-corrected chi connectivity index (χ0v) is 9.90. The van der Waals surface area contributed by atoms with Crippen LogP contribution in [0.3, 0.4) is 0 Å². The van der Waals surface area contributed by atoms with Crippen molar-refractivity contribution in [1.29, 1.82) is 0 Å². The normalized spacial score (nSPS) is 16.8. The number of anilines is 1. The van der Waals surface area contributed by atoms with Gasteiger partial charge in [0.2, 0.25) is 0 Å². The van der Waals surface area contributed by atoms with Crippen molar-refractivity contribution in [3.05, 3.63) is 33.9 Å². The third-order valence-electron chi connectivity index (χ3n) is 3.05. The molecule has 1 aliphatic heterocycles. The summed E-state index contributed by atoms with van der Waals surface area (Å²) >= 11 is 0. The van der Waals surface area contributed by atoms with Gasteiger partial charge in [-0.15, -0.1) is 0 Å². The van der Waals surface area contributed by atoms with E-state index in [0.717, 1.165) is 31.5 Å². The molecule has 1 saturated heterocycles. The highest BCUT2D eigenvalue weighted by molar-refractivity contribution is 5.63. The molecule has 92 valence electrons. The maximum Gasteiger partial charge on any atom is 0.292 e. The Balaban J connectivity index is 2.16. The molecular formula is C12H17N3O2. The molecule has 5 heteroatoms. The van der Waals surface area contributed by atoms with Gasteiger partial charge in [-0.05, 0) is 44.5 Å². The predicted octanol–water partition coefficient (Wildman–Crippen LogP) is 2.07. The second-order valence-electron chi connectivity index (χ2n) is 4.45. The van der Waals surface area contributed by atoms with E-state index in [9.17, 15) is 10.1 Å². The molecule has 0 unspecified atom stereocenters. The third kappa shape index (κ3) is 2.94. The maximum atomic E-state index is 11.0. The van der Waals surface area contributed by atoms with Gasteiger partial charge in [0.05, 0.1) is 4.92 Å². The van der Waals surface area contributed by atoms with Crippen LogP contribution in [-0.2, 0) is 0 Å². The van der Waals surface area contributed by atoms with Crippen molar-refractivity contribution in [1.82, 2.24) is 5.32 Å². The van der Waals surface area contributed by atoms with Crippen LogP contribution in [0.25, 0.3) is 0 Å². The molecule has 1 aromatic rings. The molecule has 0 saturated carbocycles. The van der Waals surface area contributed by atoms with Crippen LogP contribution in [-0.4, -0.2) is 24.1 Å². The number of rotatable bonds is 3. The Morgan fingerprint density at radius 3 is 2.76 bits per heavy atom. The summed E-state index contributed by atoms with van der Waals surface area (Å²) in [6, 6.07) is 5.65. The number of hydrogen-bond acceptors (Lipinski definition) is 4. The molecule has 1 aliphatic rings. The van der Waals surface area contributed by atoms with Gasteiger partial charge < -0.3 is 10.6 Å². The minimum Gasteiger partial charge on any atom is -0.377 e. The Kier molecular flexibility index (Phi) is 3.58. The van der Waals surface area contributed by atoms with Crippen LogP contribution in [0.1, 0.15) is 18.4 Å². The number of benzene rings is 1. The van der Waals surface area contributed by atoms with Crippen molar-refractivity contribution in [3.8, 4) is 0 Å². The number of aryl methyl sites for hydroxylation is 1. The molecule has 1 heterocycles. The fourth-order valence-corrected chi connectivity index (χ4v) is 2.10. The van der Waals surface area contributed by atoms with Crippen molar-refractivity contribution < 1.29 is 4.92 Å². The summed E-state index contributed by atoms with van der Waals surface area (Å²) in [6.07, 6.45) is 2.01. The Labute approximate surface area is 100 Å². The topological polar surface area (TPSA) is 67.2 Å². The lowest BCUT2D eigenvalue weighted by molar-refractivity contribution is -0.384. The fraction of sp³-hybridized carbons (Fsp3) is 0.500. The number of piperidine rings is 1. The molecule has 0 amide bonds. The van der Waals surface area contributed by atoms with Crippen molar-refractivity contribution >= 4 is 11.4 Å². The summed E-state index contributed by atoms with van der Waals surface area (Å²) in [7, 11) is 0. The standard InChI is InChI=1S/C12H17N3O2/c1-9-2-3-11(12(8-9)15(16)17)14-10-4-6-13-7-5-10/h2-3,8,10,13-14H,4-7H2,1H3. The Morgan fingerprint density at radius 2 is 2.12 bits per heavy atom. The molecule has 0 bridgehead atoms. The number of hydrogen-bond donors (Lipinski definition) is 2. The van der Waals surface area contributed by atoms with E-state index in [-0.39, 0.29) is 10.6 Å². The summed E-state index contributed by atoms with van der Waals surface area (Å²) in [5.74, 6) is 0. The van der Waals surface area contributed by atoms with E-state index in [1.165, 1.54) is 0 Å². The van der Waals surface area contributed by atoms with Crippen molar-refractivity contribution in [3.63, 3.8) is 0 Å². The van der Waals surface area contributed by atoms with Crippen LogP contribution in [0.15, 0.2) is 18.2 Å². The molecule has 1 aromatic carbocycles. The van der Waals surface area contributed by atoms with E-state index in [2.05, 4.69) is 10.6 Å². The van der Waals surface area contributed by atoms with Gasteiger partial charge >= 0.3 is 0 Å². The highest BCUT2D eigenvalue weighted by Gasteiger charge is 2.18. The van der Waals surface area contributed by atoms with E-state index in [4.69, 9.17) is 0 Å². The SMILES string of the molecule is Cc1ccc(NC2CCNCC2)c([N+](=O)[O-])c1. The average Bonchev–Trinajstić information content (AvgIpc) is 2.32. The molecule has 0 aromatic heterocycles. The largest absolute Gasteiger partial charge is 0.377 e. The lowest BCUT2D eigenvalue weighted by atomic mass is 10.1. The molecule has 0 radical (unpaired) electrons. The highest BCUT2D eigenvalue weighted by Crippen LogP contribution is 2.27. The summed E-state index contributed by atoms with van der Waals surface area (Å²) in [5, 5.41) is 17.5. The summed E-state index contributed by atoms with van der Waals surface area (Å²) in [6.45, 7) is 3.80. The van der Waals surface area contributed by atoms with Crippen LogP contribution in [0, 0.1) is 17.0 Å². The third-order valence-corrected chi connectivity index (χ3v) is 3.05. The van der Waals surface area contributed by atoms with Crippen LogP contribution in [0.2, 0.25) is 0 Å².